The average molecular weight is 600 g/mol. The van der Waals surface area contributed by atoms with Crippen LogP contribution in [-0.2, 0) is 37.9 Å². The summed E-state index contributed by atoms with van der Waals surface area (Å²) in [5, 5.41) is 2.80. The van der Waals surface area contributed by atoms with Gasteiger partial charge in [-0.05, 0) is 28.7 Å². The molecular weight excluding hydrogens is 554 g/mol. The fraction of sp³-hybridized carbons (Fsp3) is 0.545. The quantitative estimate of drug-likeness (QED) is 0.135. The van der Waals surface area contributed by atoms with Gasteiger partial charge in [0.1, 0.15) is 13.2 Å². The number of alkyl carbamates (subject to hydrolysis) is 1. The third kappa shape index (κ3) is 13.9. The number of carbonyl (C=O) groups is 1. The predicted octanol–water partition coefficient (Wildman–Crippen LogP) is 3.66. The lowest BCUT2D eigenvalue weighted by molar-refractivity contribution is -0.0197. The molecule has 0 fully saturated rings. The minimum Gasteiger partial charge on any atom is -0.449 e. The molecule has 1 aliphatic rings. The average Bonchev–Trinajstić information content (AvgIpc) is 3.35. The van der Waals surface area contributed by atoms with E-state index in [0.717, 1.165) is 0 Å². The van der Waals surface area contributed by atoms with Crippen molar-refractivity contribution in [1.29, 1.82) is 0 Å². The summed E-state index contributed by atoms with van der Waals surface area (Å²) in [6.07, 6.45) is 5.36. The van der Waals surface area contributed by atoms with Crippen LogP contribution < -0.4 is 5.32 Å². The van der Waals surface area contributed by atoms with E-state index in [4.69, 9.17) is 44.3 Å². The van der Waals surface area contributed by atoms with Crippen molar-refractivity contribution in [1.82, 2.24) is 5.32 Å². The third-order valence-corrected chi connectivity index (χ3v) is 6.50. The second kappa shape index (κ2) is 22.5. The number of hydrogen-bond donors (Lipinski definition) is 1. The molecule has 0 saturated heterocycles. The number of benzene rings is 2. The lowest BCUT2D eigenvalue weighted by Gasteiger charge is -2.14. The van der Waals surface area contributed by atoms with Gasteiger partial charge in [0.15, 0.2) is 0 Å². The molecule has 0 aromatic heterocycles. The highest BCUT2D eigenvalue weighted by Gasteiger charge is 2.28. The molecule has 0 unspecified atom stereocenters. The SMILES string of the molecule is C#CCOCCOCCOCCOCCOCCOCCOCCCNC(=O)OCC1c2ccccc2-c2ccccc21. The normalized spacial score (nSPS) is 12.1. The summed E-state index contributed by atoms with van der Waals surface area (Å²) in [6.45, 7) is 7.58. The van der Waals surface area contributed by atoms with Crippen LogP contribution in [0.5, 0.6) is 0 Å². The summed E-state index contributed by atoms with van der Waals surface area (Å²) < 4.78 is 43.4. The van der Waals surface area contributed by atoms with E-state index in [1.807, 2.05) is 24.3 Å². The molecule has 1 aliphatic carbocycles. The fourth-order valence-corrected chi connectivity index (χ4v) is 4.46. The molecule has 1 N–H and O–H groups in total. The first kappa shape index (κ1) is 34.5. The Morgan fingerprint density at radius 2 is 1.05 bits per heavy atom. The highest BCUT2D eigenvalue weighted by atomic mass is 16.6. The zero-order valence-corrected chi connectivity index (χ0v) is 25.0. The molecule has 0 bridgehead atoms. The van der Waals surface area contributed by atoms with Crippen molar-refractivity contribution >= 4 is 6.09 Å². The van der Waals surface area contributed by atoms with Crippen molar-refractivity contribution in [3.8, 4) is 23.5 Å². The summed E-state index contributed by atoms with van der Waals surface area (Å²) in [6, 6.07) is 16.6. The van der Waals surface area contributed by atoms with Gasteiger partial charge in [0.2, 0.25) is 0 Å². The van der Waals surface area contributed by atoms with Crippen molar-refractivity contribution in [3.63, 3.8) is 0 Å². The molecule has 0 spiro atoms. The van der Waals surface area contributed by atoms with E-state index < -0.39 is 6.09 Å². The van der Waals surface area contributed by atoms with Crippen LogP contribution in [0.3, 0.4) is 0 Å². The van der Waals surface area contributed by atoms with Crippen LogP contribution in [0, 0.1) is 12.3 Å². The molecule has 2 aromatic rings. The number of hydrogen-bond acceptors (Lipinski definition) is 9. The van der Waals surface area contributed by atoms with Gasteiger partial charge < -0.3 is 43.2 Å². The molecule has 43 heavy (non-hydrogen) atoms. The molecule has 0 aliphatic heterocycles. The number of terminal acetylenes is 1. The Kier molecular flexibility index (Phi) is 18.1. The van der Waals surface area contributed by atoms with Crippen LogP contribution in [0.25, 0.3) is 11.1 Å². The fourth-order valence-electron chi connectivity index (χ4n) is 4.46. The van der Waals surface area contributed by atoms with Crippen LogP contribution in [-0.4, -0.2) is 112 Å². The monoisotopic (exact) mass is 599 g/mol. The largest absolute Gasteiger partial charge is 0.449 e. The Labute approximate surface area is 255 Å². The molecule has 10 nitrogen and oxygen atoms in total. The first-order chi connectivity index (χ1) is 21.3. The summed E-state index contributed by atoms with van der Waals surface area (Å²) in [5.41, 5.74) is 4.82. The second-order valence-electron chi connectivity index (χ2n) is 9.54. The van der Waals surface area contributed by atoms with Crippen molar-refractivity contribution in [2.75, 3.05) is 106 Å². The van der Waals surface area contributed by atoms with Crippen LogP contribution in [0.4, 0.5) is 4.79 Å². The van der Waals surface area contributed by atoms with E-state index in [-0.39, 0.29) is 5.92 Å². The van der Waals surface area contributed by atoms with Gasteiger partial charge in [0.25, 0.3) is 0 Å². The Morgan fingerprint density at radius 1 is 0.628 bits per heavy atom. The van der Waals surface area contributed by atoms with Gasteiger partial charge in [-0.2, -0.15) is 0 Å². The van der Waals surface area contributed by atoms with Crippen molar-refractivity contribution in [2.45, 2.75) is 12.3 Å². The Hall–Kier alpha value is -3.01. The molecule has 0 heterocycles. The van der Waals surface area contributed by atoms with Gasteiger partial charge >= 0.3 is 6.09 Å². The molecule has 0 saturated carbocycles. The van der Waals surface area contributed by atoms with Crippen LogP contribution in [0.15, 0.2) is 48.5 Å². The van der Waals surface area contributed by atoms with E-state index in [2.05, 4.69) is 35.5 Å². The number of carbonyl (C=O) groups excluding carboxylic acids is 1. The van der Waals surface area contributed by atoms with E-state index in [9.17, 15) is 4.79 Å². The van der Waals surface area contributed by atoms with Crippen LogP contribution in [0.2, 0.25) is 0 Å². The minimum absolute atomic E-state index is 0.0548. The van der Waals surface area contributed by atoms with Gasteiger partial charge in [0, 0.05) is 19.1 Å². The van der Waals surface area contributed by atoms with Gasteiger partial charge in [-0.25, -0.2) is 4.79 Å². The summed E-state index contributed by atoms with van der Waals surface area (Å²) in [4.78, 5) is 12.2. The van der Waals surface area contributed by atoms with Gasteiger partial charge in [-0.1, -0.05) is 54.5 Å². The Bertz CT molecular complexity index is 1030. The molecule has 0 atom stereocenters. The highest BCUT2D eigenvalue weighted by Crippen LogP contribution is 2.44. The maximum atomic E-state index is 12.2. The first-order valence-corrected chi connectivity index (χ1v) is 14.9. The predicted molar refractivity (Wildman–Crippen MR) is 162 cm³/mol. The third-order valence-electron chi connectivity index (χ3n) is 6.50. The molecular formula is C33H45NO9. The number of fused-ring (bicyclic) bond motifs is 3. The maximum absolute atomic E-state index is 12.2. The summed E-state index contributed by atoms with van der Waals surface area (Å²) in [5.74, 6) is 2.45. The summed E-state index contributed by atoms with van der Waals surface area (Å²) in [7, 11) is 0. The van der Waals surface area contributed by atoms with Crippen LogP contribution >= 0.6 is 0 Å². The first-order valence-electron chi connectivity index (χ1n) is 14.9. The number of nitrogens with one attached hydrogen (secondary N) is 1. The minimum atomic E-state index is -0.412. The Morgan fingerprint density at radius 3 is 1.51 bits per heavy atom. The number of amides is 1. The van der Waals surface area contributed by atoms with Crippen LogP contribution in [0.1, 0.15) is 23.5 Å². The van der Waals surface area contributed by atoms with Gasteiger partial charge in [-0.15, -0.1) is 6.42 Å². The van der Waals surface area contributed by atoms with E-state index in [1.165, 1.54) is 22.3 Å². The molecule has 1 amide bonds. The molecule has 3 rings (SSSR count). The zero-order chi connectivity index (χ0) is 30.2. The van der Waals surface area contributed by atoms with E-state index >= 15 is 0 Å². The second-order valence-corrected chi connectivity index (χ2v) is 9.54. The Balaban J connectivity index is 1.04. The van der Waals surface area contributed by atoms with Crippen molar-refractivity contribution < 1.29 is 42.7 Å². The number of ether oxygens (including phenoxy) is 8. The molecule has 236 valence electrons. The van der Waals surface area contributed by atoms with Gasteiger partial charge in [-0.3, -0.25) is 0 Å². The van der Waals surface area contributed by atoms with Crippen molar-refractivity contribution in [2.24, 2.45) is 0 Å². The smallest absolute Gasteiger partial charge is 0.407 e. The lowest BCUT2D eigenvalue weighted by Crippen LogP contribution is -2.27. The molecule has 2 aromatic carbocycles. The van der Waals surface area contributed by atoms with Gasteiger partial charge in [0.05, 0.1) is 79.3 Å². The standard InChI is InChI=1S/C33H45NO9/c1-2-13-36-15-17-38-19-21-40-23-25-42-26-24-41-22-20-39-18-16-37-14-7-12-34-33(35)43-27-32-30-10-5-3-8-28(30)29-9-4-6-11-31(29)32/h1,3-6,8-11,32H,7,12-27H2,(H,34,35). The maximum Gasteiger partial charge on any atom is 0.407 e. The molecule has 10 heteroatoms. The topological polar surface area (TPSA) is 103 Å². The lowest BCUT2D eigenvalue weighted by atomic mass is 9.98. The molecule has 0 radical (unpaired) electrons. The number of rotatable bonds is 25. The van der Waals surface area contributed by atoms with E-state index in [0.29, 0.717) is 112 Å². The van der Waals surface area contributed by atoms with E-state index in [1.54, 1.807) is 0 Å². The zero-order valence-electron chi connectivity index (χ0n) is 25.0. The summed E-state index contributed by atoms with van der Waals surface area (Å²) >= 11 is 0. The van der Waals surface area contributed by atoms with Crippen molar-refractivity contribution in [3.05, 3.63) is 59.7 Å². The highest BCUT2D eigenvalue weighted by molar-refractivity contribution is 5.79.